The number of carbonyl (C=O) groups is 1. The minimum atomic E-state index is -4.28. The van der Waals surface area contributed by atoms with Gasteiger partial charge in [0.15, 0.2) is 4.90 Å². The lowest BCUT2D eigenvalue weighted by atomic mass is 9.94. The first kappa shape index (κ1) is 19.2. The number of amides is 1. The maximum Gasteiger partial charge on any atom is 0.249 e. The summed E-state index contributed by atoms with van der Waals surface area (Å²) in [6, 6.07) is 2.96. The van der Waals surface area contributed by atoms with Gasteiger partial charge in [0.1, 0.15) is 11.6 Å². The second kappa shape index (κ2) is 7.58. The standard InChI is InChI=1S/C17H23F2N3O3S/c18-14-5-2-6-15(19)16(14)26(24,25)22-9-7-21(8-10-22)17(23)13-4-1-3-12(13)11-20/h2,5-6,12-13H,1,3-4,7-11,20H2/t12-,13-/m1/s1. The van der Waals surface area contributed by atoms with Crippen molar-refractivity contribution in [2.45, 2.75) is 24.2 Å². The molecule has 1 aromatic carbocycles. The Kier molecular flexibility index (Phi) is 5.59. The van der Waals surface area contributed by atoms with Crippen LogP contribution in [0.4, 0.5) is 8.78 Å². The van der Waals surface area contributed by atoms with E-state index < -0.39 is 26.6 Å². The summed E-state index contributed by atoms with van der Waals surface area (Å²) in [7, 11) is -4.28. The van der Waals surface area contributed by atoms with Crippen LogP contribution in [0.2, 0.25) is 0 Å². The molecule has 1 heterocycles. The van der Waals surface area contributed by atoms with E-state index in [1.165, 1.54) is 0 Å². The van der Waals surface area contributed by atoms with E-state index in [0.717, 1.165) is 41.8 Å². The maximum absolute atomic E-state index is 13.9. The van der Waals surface area contributed by atoms with Crippen LogP contribution in [-0.4, -0.2) is 56.3 Å². The molecule has 1 aliphatic carbocycles. The Labute approximate surface area is 152 Å². The smallest absolute Gasteiger partial charge is 0.249 e. The van der Waals surface area contributed by atoms with Crippen LogP contribution in [0, 0.1) is 23.5 Å². The number of benzene rings is 1. The Bertz CT molecular complexity index is 759. The zero-order valence-electron chi connectivity index (χ0n) is 14.4. The molecular formula is C17H23F2N3O3S. The van der Waals surface area contributed by atoms with E-state index in [2.05, 4.69) is 0 Å². The Hall–Kier alpha value is -1.58. The minimum absolute atomic E-state index is 0.00655. The number of hydrogen-bond acceptors (Lipinski definition) is 4. The van der Waals surface area contributed by atoms with Crippen LogP contribution in [0.25, 0.3) is 0 Å². The van der Waals surface area contributed by atoms with Crippen molar-refractivity contribution in [2.24, 2.45) is 17.6 Å². The average Bonchev–Trinajstić information content (AvgIpc) is 3.09. The zero-order valence-corrected chi connectivity index (χ0v) is 15.2. The third-order valence-corrected chi connectivity index (χ3v) is 7.30. The lowest BCUT2D eigenvalue weighted by molar-refractivity contribution is -0.137. The number of halogens is 2. The van der Waals surface area contributed by atoms with Crippen molar-refractivity contribution in [3.63, 3.8) is 0 Å². The molecule has 1 aromatic rings. The molecule has 2 N–H and O–H groups in total. The first-order valence-corrected chi connectivity index (χ1v) is 10.2. The van der Waals surface area contributed by atoms with Gasteiger partial charge < -0.3 is 10.6 Å². The van der Waals surface area contributed by atoms with Gasteiger partial charge in [-0.05, 0) is 37.4 Å². The number of nitrogens with two attached hydrogens (primary N) is 1. The molecule has 0 spiro atoms. The number of nitrogens with zero attached hydrogens (tertiary/aromatic N) is 2. The molecule has 2 atom stereocenters. The molecular weight excluding hydrogens is 364 g/mol. The van der Waals surface area contributed by atoms with E-state index >= 15 is 0 Å². The highest BCUT2D eigenvalue weighted by Gasteiger charge is 2.38. The molecule has 144 valence electrons. The summed E-state index contributed by atoms with van der Waals surface area (Å²) in [5.41, 5.74) is 5.73. The molecule has 0 bridgehead atoms. The third-order valence-electron chi connectivity index (χ3n) is 5.35. The van der Waals surface area contributed by atoms with Crippen LogP contribution in [-0.2, 0) is 14.8 Å². The summed E-state index contributed by atoms with van der Waals surface area (Å²) in [4.78, 5) is 13.4. The molecule has 1 aliphatic heterocycles. The normalized spacial score (nSPS) is 24.8. The predicted molar refractivity (Wildman–Crippen MR) is 91.6 cm³/mol. The number of hydrogen-bond donors (Lipinski definition) is 1. The minimum Gasteiger partial charge on any atom is -0.340 e. The predicted octanol–water partition coefficient (Wildman–Crippen LogP) is 1.17. The van der Waals surface area contributed by atoms with Crippen molar-refractivity contribution >= 4 is 15.9 Å². The van der Waals surface area contributed by atoms with Gasteiger partial charge in [-0.3, -0.25) is 4.79 Å². The van der Waals surface area contributed by atoms with Crippen molar-refractivity contribution in [3.05, 3.63) is 29.8 Å². The Morgan fingerprint density at radius 2 is 1.73 bits per heavy atom. The van der Waals surface area contributed by atoms with Crippen LogP contribution in [0.1, 0.15) is 19.3 Å². The molecule has 26 heavy (non-hydrogen) atoms. The van der Waals surface area contributed by atoms with E-state index in [4.69, 9.17) is 5.73 Å². The number of carbonyl (C=O) groups excluding carboxylic acids is 1. The SMILES string of the molecule is NC[C@H]1CCC[C@H]1C(=O)N1CCN(S(=O)(=O)c2c(F)cccc2F)CC1. The van der Waals surface area contributed by atoms with Gasteiger partial charge in [0, 0.05) is 32.1 Å². The van der Waals surface area contributed by atoms with E-state index in [9.17, 15) is 22.0 Å². The van der Waals surface area contributed by atoms with Gasteiger partial charge in [-0.2, -0.15) is 4.31 Å². The lowest BCUT2D eigenvalue weighted by Gasteiger charge is -2.36. The second-order valence-corrected chi connectivity index (χ2v) is 8.69. The van der Waals surface area contributed by atoms with Crippen LogP contribution in [0.15, 0.2) is 23.1 Å². The summed E-state index contributed by atoms with van der Waals surface area (Å²) in [6.07, 6.45) is 2.71. The second-order valence-electron chi connectivity index (χ2n) is 6.81. The van der Waals surface area contributed by atoms with Gasteiger partial charge in [-0.25, -0.2) is 17.2 Å². The first-order valence-electron chi connectivity index (χ1n) is 8.79. The molecule has 0 unspecified atom stereocenters. The molecule has 6 nitrogen and oxygen atoms in total. The zero-order chi connectivity index (χ0) is 18.9. The highest BCUT2D eigenvalue weighted by molar-refractivity contribution is 7.89. The fraction of sp³-hybridized carbons (Fsp3) is 0.588. The third kappa shape index (κ3) is 3.47. The molecule has 1 saturated heterocycles. The van der Waals surface area contributed by atoms with Gasteiger partial charge in [-0.1, -0.05) is 12.5 Å². The van der Waals surface area contributed by atoms with Crippen molar-refractivity contribution < 1.29 is 22.0 Å². The summed E-state index contributed by atoms with van der Waals surface area (Å²) in [6.45, 7) is 0.922. The topological polar surface area (TPSA) is 83.7 Å². The Morgan fingerprint density at radius 1 is 1.12 bits per heavy atom. The first-order chi connectivity index (χ1) is 12.4. The number of sulfonamides is 1. The molecule has 1 amide bonds. The van der Waals surface area contributed by atoms with E-state index in [1.54, 1.807) is 4.90 Å². The van der Waals surface area contributed by atoms with Gasteiger partial charge in [0.05, 0.1) is 0 Å². The summed E-state index contributed by atoms with van der Waals surface area (Å²) < 4.78 is 53.9. The van der Waals surface area contributed by atoms with Crippen molar-refractivity contribution in [1.29, 1.82) is 0 Å². The highest BCUT2D eigenvalue weighted by atomic mass is 32.2. The highest BCUT2D eigenvalue weighted by Crippen LogP contribution is 2.33. The van der Waals surface area contributed by atoms with Crippen molar-refractivity contribution in [3.8, 4) is 0 Å². The summed E-state index contributed by atoms with van der Waals surface area (Å²) in [5, 5.41) is 0. The molecule has 0 aromatic heterocycles. The monoisotopic (exact) mass is 387 g/mol. The molecule has 2 fully saturated rings. The molecule has 0 radical (unpaired) electrons. The molecule has 3 rings (SSSR count). The largest absolute Gasteiger partial charge is 0.340 e. The van der Waals surface area contributed by atoms with Crippen LogP contribution >= 0.6 is 0 Å². The molecule has 2 aliphatic rings. The lowest BCUT2D eigenvalue weighted by Crippen LogP contribution is -2.52. The van der Waals surface area contributed by atoms with Gasteiger partial charge in [0.2, 0.25) is 15.9 Å². The van der Waals surface area contributed by atoms with E-state index in [-0.39, 0.29) is 43.9 Å². The maximum atomic E-state index is 13.9. The summed E-state index contributed by atoms with van der Waals surface area (Å²) >= 11 is 0. The Balaban J connectivity index is 1.69. The van der Waals surface area contributed by atoms with Crippen LogP contribution in [0.3, 0.4) is 0 Å². The van der Waals surface area contributed by atoms with Gasteiger partial charge in [0.25, 0.3) is 0 Å². The average molecular weight is 387 g/mol. The number of piperazine rings is 1. The quantitative estimate of drug-likeness (QED) is 0.841. The fourth-order valence-corrected chi connectivity index (χ4v) is 5.42. The Morgan fingerprint density at radius 3 is 2.31 bits per heavy atom. The van der Waals surface area contributed by atoms with E-state index in [1.807, 2.05) is 0 Å². The van der Waals surface area contributed by atoms with Crippen LogP contribution in [0.5, 0.6) is 0 Å². The fourth-order valence-electron chi connectivity index (χ4n) is 3.89. The number of rotatable bonds is 4. The van der Waals surface area contributed by atoms with Crippen molar-refractivity contribution in [1.82, 2.24) is 9.21 Å². The molecule has 1 saturated carbocycles. The van der Waals surface area contributed by atoms with Crippen molar-refractivity contribution in [2.75, 3.05) is 32.7 Å². The van der Waals surface area contributed by atoms with E-state index in [0.29, 0.717) is 6.54 Å². The van der Waals surface area contributed by atoms with Crippen LogP contribution < -0.4 is 5.73 Å². The summed E-state index contributed by atoms with van der Waals surface area (Å²) in [5.74, 6) is -2.14. The van der Waals surface area contributed by atoms with Gasteiger partial charge >= 0.3 is 0 Å². The van der Waals surface area contributed by atoms with Gasteiger partial charge in [-0.15, -0.1) is 0 Å². The molecule has 9 heteroatoms.